The van der Waals surface area contributed by atoms with Crippen molar-refractivity contribution in [3.05, 3.63) is 41.3 Å². The van der Waals surface area contributed by atoms with Gasteiger partial charge >= 0.3 is 0 Å². The van der Waals surface area contributed by atoms with Crippen LogP contribution in [-0.2, 0) is 12.8 Å². The molecule has 0 aliphatic carbocycles. The Morgan fingerprint density at radius 2 is 2.00 bits per heavy atom. The zero-order valence-electron chi connectivity index (χ0n) is 11.9. The van der Waals surface area contributed by atoms with Crippen molar-refractivity contribution in [2.45, 2.75) is 26.2 Å². The molecular weight excluding hydrogens is 257 g/mol. The van der Waals surface area contributed by atoms with E-state index in [1.54, 1.807) is 23.9 Å². The van der Waals surface area contributed by atoms with Crippen molar-refractivity contribution in [3.8, 4) is 11.6 Å². The van der Waals surface area contributed by atoms with Crippen LogP contribution in [0.15, 0.2) is 24.3 Å². The fraction of sp³-hybridized carbons (Fsp3) is 0.400. The van der Waals surface area contributed by atoms with Crippen molar-refractivity contribution in [2.24, 2.45) is 5.73 Å². The number of methoxy groups -OCH3 is 1. The predicted molar refractivity (Wildman–Crippen MR) is 76.8 cm³/mol. The lowest BCUT2D eigenvalue weighted by molar-refractivity contribution is 0.379. The third-order valence-corrected chi connectivity index (χ3v) is 3.25. The van der Waals surface area contributed by atoms with E-state index >= 15 is 0 Å². The Bertz CT molecular complexity index is 563. The van der Waals surface area contributed by atoms with Crippen LogP contribution in [0.1, 0.15) is 24.6 Å². The lowest BCUT2D eigenvalue weighted by Crippen LogP contribution is -2.03. The summed E-state index contributed by atoms with van der Waals surface area (Å²) in [6.07, 6.45) is 2.55. The number of nitrogens with zero attached hydrogens (tertiary/aromatic N) is 2. The first kappa shape index (κ1) is 14.5. The number of halogens is 1. The fourth-order valence-electron chi connectivity index (χ4n) is 2.26. The molecule has 4 nitrogen and oxygen atoms in total. The van der Waals surface area contributed by atoms with E-state index in [2.05, 4.69) is 12.0 Å². The van der Waals surface area contributed by atoms with E-state index in [1.807, 2.05) is 0 Å². The SMILES string of the molecule is CCc1nn(-c2ccc(F)cc2)c(OC)c1CCCN. The van der Waals surface area contributed by atoms with E-state index in [1.165, 1.54) is 12.1 Å². The Kier molecular flexibility index (Phi) is 4.74. The maximum absolute atomic E-state index is 13.0. The second-order valence-electron chi connectivity index (χ2n) is 4.57. The van der Waals surface area contributed by atoms with Gasteiger partial charge in [0.25, 0.3) is 0 Å². The Labute approximate surface area is 118 Å². The van der Waals surface area contributed by atoms with Crippen LogP contribution >= 0.6 is 0 Å². The minimum Gasteiger partial charge on any atom is -0.481 e. The highest BCUT2D eigenvalue weighted by Gasteiger charge is 2.18. The van der Waals surface area contributed by atoms with Crippen LogP contribution in [0.25, 0.3) is 5.69 Å². The third kappa shape index (κ3) is 2.82. The topological polar surface area (TPSA) is 53.1 Å². The van der Waals surface area contributed by atoms with Crippen molar-refractivity contribution in [3.63, 3.8) is 0 Å². The summed E-state index contributed by atoms with van der Waals surface area (Å²) in [6.45, 7) is 2.69. The first-order valence-electron chi connectivity index (χ1n) is 6.82. The van der Waals surface area contributed by atoms with E-state index in [-0.39, 0.29) is 5.82 Å². The molecule has 20 heavy (non-hydrogen) atoms. The summed E-state index contributed by atoms with van der Waals surface area (Å²) in [6, 6.07) is 6.22. The lowest BCUT2D eigenvalue weighted by atomic mass is 10.1. The summed E-state index contributed by atoms with van der Waals surface area (Å²) in [7, 11) is 1.63. The highest BCUT2D eigenvalue weighted by Crippen LogP contribution is 2.27. The standard InChI is InChI=1S/C15H20FN3O/c1-3-14-13(5-4-10-17)15(20-2)19(18-14)12-8-6-11(16)7-9-12/h6-9H,3-5,10,17H2,1-2H3. The van der Waals surface area contributed by atoms with Gasteiger partial charge in [0.2, 0.25) is 5.88 Å². The molecule has 108 valence electrons. The van der Waals surface area contributed by atoms with Crippen molar-refractivity contribution in [2.75, 3.05) is 13.7 Å². The Morgan fingerprint density at radius 3 is 2.55 bits per heavy atom. The average molecular weight is 277 g/mol. The summed E-state index contributed by atoms with van der Waals surface area (Å²) in [4.78, 5) is 0. The minimum atomic E-state index is -0.265. The lowest BCUT2D eigenvalue weighted by Gasteiger charge is -2.08. The largest absolute Gasteiger partial charge is 0.481 e. The number of aromatic nitrogens is 2. The molecule has 1 heterocycles. The van der Waals surface area contributed by atoms with E-state index in [4.69, 9.17) is 10.5 Å². The zero-order chi connectivity index (χ0) is 14.5. The molecule has 0 atom stereocenters. The van der Waals surface area contributed by atoms with Gasteiger partial charge in [0.1, 0.15) is 5.82 Å². The van der Waals surface area contributed by atoms with Crippen LogP contribution in [0.5, 0.6) is 5.88 Å². The maximum atomic E-state index is 13.0. The second-order valence-corrected chi connectivity index (χ2v) is 4.57. The molecule has 2 rings (SSSR count). The van der Waals surface area contributed by atoms with Gasteiger partial charge in [-0.05, 0) is 50.1 Å². The predicted octanol–water partition coefficient (Wildman–Crippen LogP) is 2.47. The normalized spacial score (nSPS) is 10.8. The molecule has 1 aromatic heterocycles. The van der Waals surface area contributed by atoms with Gasteiger partial charge in [-0.1, -0.05) is 6.92 Å². The number of ether oxygens (including phenoxy) is 1. The summed E-state index contributed by atoms with van der Waals surface area (Å²) < 4.78 is 20.3. The van der Waals surface area contributed by atoms with Crippen LogP contribution in [0, 0.1) is 5.82 Å². The van der Waals surface area contributed by atoms with Crippen LogP contribution < -0.4 is 10.5 Å². The Balaban J connectivity index is 2.47. The smallest absolute Gasteiger partial charge is 0.219 e. The van der Waals surface area contributed by atoms with Crippen molar-refractivity contribution < 1.29 is 9.13 Å². The third-order valence-electron chi connectivity index (χ3n) is 3.25. The van der Waals surface area contributed by atoms with Gasteiger partial charge in [-0.15, -0.1) is 0 Å². The summed E-state index contributed by atoms with van der Waals surface area (Å²) in [5.41, 5.74) is 8.46. The molecule has 2 N–H and O–H groups in total. The monoisotopic (exact) mass is 277 g/mol. The van der Waals surface area contributed by atoms with Crippen LogP contribution in [0.2, 0.25) is 0 Å². The van der Waals surface area contributed by atoms with Gasteiger partial charge in [-0.2, -0.15) is 5.10 Å². The molecule has 0 aliphatic heterocycles. The fourth-order valence-corrected chi connectivity index (χ4v) is 2.26. The molecule has 0 spiro atoms. The van der Waals surface area contributed by atoms with Crippen molar-refractivity contribution in [1.82, 2.24) is 9.78 Å². The molecule has 1 aromatic carbocycles. The van der Waals surface area contributed by atoms with E-state index in [0.717, 1.165) is 36.2 Å². The number of benzene rings is 1. The first-order valence-corrected chi connectivity index (χ1v) is 6.82. The number of nitrogens with two attached hydrogens (primary N) is 1. The molecule has 0 bridgehead atoms. The molecule has 5 heteroatoms. The molecule has 0 unspecified atom stereocenters. The summed E-state index contributed by atoms with van der Waals surface area (Å²) in [5.74, 6) is 0.445. The highest BCUT2D eigenvalue weighted by molar-refractivity contribution is 5.41. The summed E-state index contributed by atoms with van der Waals surface area (Å²) in [5, 5.41) is 4.58. The first-order chi connectivity index (χ1) is 9.71. The van der Waals surface area contributed by atoms with Gasteiger partial charge in [0.05, 0.1) is 18.5 Å². The molecule has 0 saturated heterocycles. The van der Waals surface area contributed by atoms with Crippen LogP contribution in [0.4, 0.5) is 4.39 Å². The molecule has 0 saturated carbocycles. The van der Waals surface area contributed by atoms with Gasteiger partial charge < -0.3 is 10.5 Å². The van der Waals surface area contributed by atoms with E-state index in [0.29, 0.717) is 12.4 Å². The van der Waals surface area contributed by atoms with E-state index < -0.39 is 0 Å². The molecule has 0 aliphatic rings. The average Bonchev–Trinajstić information content (AvgIpc) is 2.83. The van der Waals surface area contributed by atoms with Crippen molar-refractivity contribution >= 4 is 0 Å². The highest BCUT2D eigenvalue weighted by atomic mass is 19.1. The quantitative estimate of drug-likeness (QED) is 0.882. The molecule has 0 fully saturated rings. The Hall–Kier alpha value is -1.88. The second kappa shape index (κ2) is 6.52. The molecule has 2 aromatic rings. The molecule has 0 radical (unpaired) electrons. The van der Waals surface area contributed by atoms with Gasteiger partial charge in [0.15, 0.2) is 0 Å². The van der Waals surface area contributed by atoms with Gasteiger partial charge in [-0.25, -0.2) is 9.07 Å². The van der Waals surface area contributed by atoms with Gasteiger partial charge in [-0.3, -0.25) is 0 Å². The number of hydrogen-bond acceptors (Lipinski definition) is 3. The minimum absolute atomic E-state index is 0.265. The molecule has 0 amide bonds. The van der Waals surface area contributed by atoms with Gasteiger partial charge in [0, 0.05) is 5.56 Å². The number of aryl methyl sites for hydroxylation is 1. The van der Waals surface area contributed by atoms with Crippen LogP contribution in [-0.4, -0.2) is 23.4 Å². The van der Waals surface area contributed by atoms with E-state index in [9.17, 15) is 4.39 Å². The van der Waals surface area contributed by atoms with Crippen LogP contribution in [0.3, 0.4) is 0 Å². The maximum Gasteiger partial charge on any atom is 0.219 e. The zero-order valence-corrected chi connectivity index (χ0v) is 11.9. The summed E-state index contributed by atoms with van der Waals surface area (Å²) >= 11 is 0. The number of hydrogen-bond donors (Lipinski definition) is 1. The van der Waals surface area contributed by atoms with Crippen molar-refractivity contribution in [1.29, 1.82) is 0 Å². The number of rotatable bonds is 6. The molecular formula is C15H20FN3O. The Morgan fingerprint density at radius 1 is 1.30 bits per heavy atom.